The van der Waals surface area contributed by atoms with E-state index in [4.69, 9.17) is 4.74 Å². The topological polar surface area (TPSA) is 39.2 Å². The Bertz CT molecular complexity index is 626. The van der Waals surface area contributed by atoms with E-state index in [1.165, 1.54) is 12.3 Å². The lowest BCUT2D eigenvalue weighted by molar-refractivity contribution is -0.146. The quantitative estimate of drug-likeness (QED) is 0.801. The molecule has 0 N–H and O–H groups in total. The molecule has 0 aliphatic heterocycles. The monoisotopic (exact) mass is 265 g/mol. The van der Waals surface area contributed by atoms with E-state index in [1.807, 2.05) is 0 Å². The smallest absolute Gasteiger partial charge is 0.310 e. The van der Waals surface area contributed by atoms with Gasteiger partial charge in [0, 0.05) is 23.2 Å². The minimum atomic E-state index is -0.788. The van der Waals surface area contributed by atoms with E-state index in [-0.39, 0.29) is 22.6 Å². The number of carbonyl (C=O) groups is 1. The van der Waals surface area contributed by atoms with Crippen molar-refractivity contribution < 1.29 is 18.3 Å². The predicted molar refractivity (Wildman–Crippen MR) is 66.6 cm³/mol. The number of fused-ring (bicyclic) bond motifs is 1. The molecule has 3 nitrogen and oxygen atoms in total. The minimum Gasteiger partial charge on any atom is -0.463 e. The Hall–Kier alpha value is -2.04. The molecule has 2 rings (SSSR count). The van der Waals surface area contributed by atoms with Gasteiger partial charge < -0.3 is 4.74 Å². The van der Waals surface area contributed by atoms with Gasteiger partial charge in [-0.05, 0) is 26.0 Å². The second-order valence-electron chi connectivity index (χ2n) is 4.44. The Morgan fingerprint density at radius 3 is 2.84 bits per heavy atom. The maximum Gasteiger partial charge on any atom is 0.310 e. The maximum absolute atomic E-state index is 14.1. The molecule has 0 amide bonds. The summed E-state index contributed by atoms with van der Waals surface area (Å²) in [4.78, 5) is 15.4. The lowest BCUT2D eigenvalue weighted by atomic mass is 10.1. The molecule has 0 radical (unpaired) electrons. The standard InChI is InChI=1S/C14H13F2NO2/c1-8(2)19-13(18)6-10-11(15)7-12-9(14(10)16)4-3-5-17-12/h3-5,7-8H,6H2,1-2H3. The van der Waals surface area contributed by atoms with Crippen LogP contribution in [0.3, 0.4) is 0 Å². The molecular formula is C14H13F2NO2. The molecule has 100 valence electrons. The Morgan fingerprint density at radius 1 is 1.42 bits per heavy atom. The molecule has 0 atom stereocenters. The molecule has 0 aliphatic carbocycles. The predicted octanol–water partition coefficient (Wildman–Crippen LogP) is 3.01. The van der Waals surface area contributed by atoms with E-state index in [2.05, 4.69) is 4.98 Å². The van der Waals surface area contributed by atoms with Gasteiger partial charge in [0.1, 0.15) is 11.6 Å². The van der Waals surface area contributed by atoms with Crippen molar-refractivity contribution in [2.75, 3.05) is 0 Å². The summed E-state index contributed by atoms with van der Waals surface area (Å²) in [6.45, 7) is 3.35. The van der Waals surface area contributed by atoms with E-state index in [1.54, 1.807) is 19.9 Å². The first-order valence-corrected chi connectivity index (χ1v) is 5.90. The number of hydrogen-bond acceptors (Lipinski definition) is 3. The molecular weight excluding hydrogens is 252 g/mol. The summed E-state index contributed by atoms with van der Waals surface area (Å²) < 4.78 is 32.8. The van der Waals surface area contributed by atoms with Gasteiger partial charge in [-0.3, -0.25) is 9.78 Å². The van der Waals surface area contributed by atoms with Crippen LogP contribution in [0.25, 0.3) is 10.9 Å². The molecule has 0 fully saturated rings. The maximum atomic E-state index is 14.1. The van der Waals surface area contributed by atoms with Gasteiger partial charge >= 0.3 is 5.97 Å². The number of carbonyl (C=O) groups excluding carboxylic acids is 1. The van der Waals surface area contributed by atoms with E-state index >= 15 is 0 Å². The van der Waals surface area contributed by atoms with Crippen molar-refractivity contribution >= 4 is 16.9 Å². The number of rotatable bonds is 3. The number of hydrogen-bond donors (Lipinski definition) is 0. The van der Waals surface area contributed by atoms with E-state index < -0.39 is 24.0 Å². The average Bonchev–Trinajstić information content (AvgIpc) is 2.33. The summed E-state index contributed by atoms with van der Waals surface area (Å²) in [5, 5.41) is 0.191. The van der Waals surface area contributed by atoms with Crippen molar-refractivity contribution in [2.24, 2.45) is 0 Å². The second-order valence-corrected chi connectivity index (χ2v) is 4.44. The molecule has 0 saturated carbocycles. The fourth-order valence-corrected chi connectivity index (χ4v) is 1.80. The lowest BCUT2D eigenvalue weighted by Gasteiger charge is -2.10. The van der Waals surface area contributed by atoms with Gasteiger partial charge in [-0.1, -0.05) is 0 Å². The Balaban J connectivity index is 2.40. The molecule has 0 aliphatic rings. The zero-order valence-corrected chi connectivity index (χ0v) is 10.6. The molecule has 5 heteroatoms. The van der Waals surface area contributed by atoms with Crippen LogP contribution in [-0.2, 0) is 16.0 Å². The van der Waals surface area contributed by atoms with Crippen LogP contribution in [0.5, 0.6) is 0 Å². The number of pyridine rings is 1. The number of ether oxygens (including phenoxy) is 1. The first kappa shape index (κ1) is 13.4. The SMILES string of the molecule is CC(C)OC(=O)Cc1c(F)cc2ncccc2c1F. The first-order chi connectivity index (χ1) is 8.99. The first-order valence-electron chi connectivity index (χ1n) is 5.90. The molecule has 0 unspecified atom stereocenters. The van der Waals surface area contributed by atoms with Crippen LogP contribution in [0, 0.1) is 11.6 Å². The number of esters is 1. The van der Waals surface area contributed by atoms with Gasteiger partial charge in [-0.2, -0.15) is 0 Å². The summed E-state index contributed by atoms with van der Waals surface area (Å²) in [5.41, 5.74) is -0.0652. The van der Waals surface area contributed by atoms with E-state index in [9.17, 15) is 13.6 Å². The Kier molecular flexibility index (Phi) is 3.74. The molecule has 1 heterocycles. The molecule has 0 saturated heterocycles. The third-order valence-corrected chi connectivity index (χ3v) is 2.58. The minimum absolute atomic E-state index is 0.191. The normalized spacial score (nSPS) is 11.0. The van der Waals surface area contributed by atoms with Gasteiger partial charge in [0.05, 0.1) is 18.0 Å². The molecule has 0 spiro atoms. The highest BCUT2D eigenvalue weighted by Crippen LogP contribution is 2.23. The van der Waals surface area contributed by atoms with Crippen LogP contribution < -0.4 is 0 Å². The highest BCUT2D eigenvalue weighted by atomic mass is 19.1. The zero-order valence-electron chi connectivity index (χ0n) is 10.6. The van der Waals surface area contributed by atoms with Crippen molar-refractivity contribution in [1.82, 2.24) is 4.98 Å². The van der Waals surface area contributed by atoms with Crippen molar-refractivity contribution in [2.45, 2.75) is 26.4 Å². The average molecular weight is 265 g/mol. The summed E-state index contributed by atoms with van der Waals surface area (Å²) in [6, 6.07) is 4.17. The summed E-state index contributed by atoms with van der Waals surface area (Å²) in [5.74, 6) is -2.20. The highest BCUT2D eigenvalue weighted by molar-refractivity contribution is 5.82. The lowest BCUT2D eigenvalue weighted by Crippen LogP contribution is -2.15. The van der Waals surface area contributed by atoms with E-state index in [0.717, 1.165) is 6.07 Å². The molecule has 19 heavy (non-hydrogen) atoms. The van der Waals surface area contributed by atoms with Gasteiger partial charge in [0.15, 0.2) is 0 Å². The van der Waals surface area contributed by atoms with Crippen LogP contribution in [0.15, 0.2) is 24.4 Å². The number of nitrogens with zero attached hydrogens (tertiary/aromatic N) is 1. The Morgan fingerprint density at radius 2 is 2.16 bits per heavy atom. The number of benzene rings is 1. The summed E-state index contributed by atoms with van der Waals surface area (Å²) in [6.07, 6.45) is 0.704. The summed E-state index contributed by atoms with van der Waals surface area (Å²) >= 11 is 0. The van der Waals surface area contributed by atoms with Crippen LogP contribution in [0.2, 0.25) is 0 Å². The molecule has 2 aromatic rings. The van der Waals surface area contributed by atoms with Crippen molar-refractivity contribution in [3.8, 4) is 0 Å². The third-order valence-electron chi connectivity index (χ3n) is 2.58. The third kappa shape index (κ3) is 2.86. The molecule has 1 aromatic heterocycles. The Labute approximate surface area is 109 Å². The van der Waals surface area contributed by atoms with Crippen molar-refractivity contribution in [3.05, 3.63) is 41.6 Å². The van der Waals surface area contributed by atoms with Gasteiger partial charge in [0.25, 0.3) is 0 Å². The van der Waals surface area contributed by atoms with Crippen LogP contribution in [-0.4, -0.2) is 17.1 Å². The fraction of sp³-hybridized carbons (Fsp3) is 0.286. The largest absolute Gasteiger partial charge is 0.463 e. The number of halogens is 2. The molecule has 0 bridgehead atoms. The van der Waals surface area contributed by atoms with Crippen LogP contribution in [0.1, 0.15) is 19.4 Å². The second kappa shape index (κ2) is 5.30. The van der Waals surface area contributed by atoms with Gasteiger partial charge in [0.2, 0.25) is 0 Å². The van der Waals surface area contributed by atoms with Crippen molar-refractivity contribution in [1.29, 1.82) is 0 Å². The fourth-order valence-electron chi connectivity index (χ4n) is 1.80. The van der Waals surface area contributed by atoms with Crippen LogP contribution in [0.4, 0.5) is 8.78 Å². The summed E-state index contributed by atoms with van der Waals surface area (Å²) in [7, 11) is 0. The van der Waals surface area contributed by atoms with E-state index in [0.29, 0.717) is 0 Å². The highest BCUT2D eigenvalue weighted by Gasteiger charge is 2.18. The van der Waals surface area contributed by atoms with Gasteiger partial charge in [-0.15, -0.1) is 0 Å². The molecule has 1 aromatic carbocycles. The zero-order chi connectivity index (χ0) is 14.0. The van der Waals surface area contributed by atoms with Gasteiger partial charge in [-0.25, -0.2) is 8.78 Å². The van der Waals surface area contributed by atoms with Crippen LogP contribution >= 0.6 is 0 Å². The van der Waals surface area contributed by atoms with Crippen molar-refractivity contribution in [3.63, 3.8) is 0 Å². The number of aromatic nitrogens is 1.